The molecule has 0 rings (SSSR count). The predicted octanol–water partition coefficient (Wildman–Crippen LogP) is 0.731. The average Bonchev–Trinajstić information content (AvgIpc) is 2.27. The lowest BCUT2D eigenvalue weighted by Crippen LogP contribution is -2.44. The first-order valence-electron chi connectivity index (χ1n) is 5.30. The van der Waals surface area contributed by atoms with Crippen molar-refractivity contribution in [1.29, 1.82) is 0 Å². The molecule has 0 aromatic carbocycles. The highest BCUT2D eigenvalue weighted by Gasteiger charge is 2.22. The molecule has 0 radical (unpaired) electrons. The molecule has 6 nitrogen and oxygen atoms in total. The molecule has 17 heavy (non-hydrogen) atoms. The minimum atomic E-state index is -0.897. The van der Waals surface area contributed by atoms with Crippen LogP contribution in [0.2, 0.25) is 0 Å². The Morgan fingerprint density at radius 2 is 2.12 bits per heavy atom. The van der Waals surface area contributed by atoms with Gasteiger partial charge in [0.1, 0.15) is 6.04 Å². The van der Waals surface area contributed by atoms with E-state index in [0.717, 1.165) is 12.8 Å². The van der Waals surface area contributed by atoms with Crippen molar-refractivity contribution in [2.24, 2.45) is 5.73 Å². The van der Waals surface area contributed by atoms with Crippen LogP contribution in [0, 0.1) is 0 Å². The number of nitrogens with one attached hydrogen (secondary N) is 1. The summed E-state index contributed by atoms with van der Waals surface area (Å²) >= 11 is 4.68. The molecule has 7 heteroatoms. The Balaban J connectivity index is 4.18. The van der Waals surface area contributed by atoms with Gasteiger partial charge in [-0.2, -0.15) is 0 Å². The number of carbonyl (C=O) groups is 2. The molecular formula is C10H18N2O4S. The van der Waals surface area contributed by atoms with Gasteiger partial charge in [-0.3, -0.25) is 0 Å². The van der Waals surface area contributed by atoms with Crippen molar-refractivity contribution in [2.75, 3.05) is 13.7 Å². The van der Waals surface area contributed by atoms with Crippen LogP contribution in [0.25, 0.3) is 0 Å². The first-order chi connectivity index (χ1) is 8.01. The molecule has 0 saturated heterocycles. The first kappa shape index (κ1) is 15.6. The fraction of sp³-hybridized carbons (Fsp3) is 0.700. The summed E-state index contributed by atoms with van der Waals surface area (Å²) in [7, 11) is 1.22. The standard InChI is InChI=1S/C10H18N2O4S/c1-3-4-5-16-10(14)12-7(6-8(11)17)9(13)15-2/h7H,3-6H2,1-2H3,(H2,11,17)(H,12,14). The van der Waals surface area contributed by atoms with Crippen molar-refractivity contribution >= 4 is 29.3 Å². The number of ether oxygens (including phenoxy) is 2. The zero-order valence-corrected chi connectivity index (χ0v) is 10.8. The van der Waals surface area contributed by atoms with Gasteiger partial charge in [0.05, 0.1) is 18.7 Å². The number of carbonyl (C=O) groups excluding carboxylic acids is 2. The van der Waals surface area contributed by atoms with E-state index in [-0.39, 0.29) is 11.4 Å². The number of unbranched alkanes of at least 4 members (excludes halogenated alkanes) is 1. The van der Waals surface area contributed by atoms with Crippen LogP contribution in [0.3, 0.4) is 0 Å². The molecule has 3 N–H and O–H groups in total. The normalized spacial score (nSPS) is 11.4. The zero-order valence-electron chi connectivity index (χ0n) is 10.0. The summed E-state index contributed by atoms with van der Waals surface area (Å²) < 4.78 is 9.36. The van der Waals surface area contributed by atoms with Gasteiger partial charge in [0.15, 0.2) is 0 Å². The quantitative estimate of drug-likeness (QED) is 0.399. The summed E-state index contributed by atoms with van der Waals surface area (Å²) in [5.41, 5.74) is 5.31. The minimum Gasteiger partial charge on any atom is -0.467 e. The summed E-state index contributed by atoms with van der Waals surface area (Å²) in [5.74, 6) is -0.606. The van der Waals surface area contributed by atoms with Gasteiger partial charge in [0.2, 0.25) is 0 Å². The van der Waals surface area contributed by atoms with Gasteiger partial charge in [-0.25, -0.2) is 9.59 Å². The van der Waals surface area contributed by atoms with Crippen LogP contribution in [0.15, 0.2) is 0 Å². The largest absolute Gasteiger partial charge is 0.467 e. The maximum absolute atomic E-state index is 11.3. The highest BCUT2D eigenvalue weighted by molar-refractivity contribution is 7.80. The molecule has 0 heterocycles. The zero-order chi connectivity index (χ0) is 13.3. The molecule has 0 bridgehead atoms. The second-order valence-corrected chi connectivity index (χ2v) is 3.90. The Hall–Kier alpha value is -1.37. The summed E-state index contributed by atoms with van der Waals surface area (Å²) in [4.78, 5) is 22.7. The van der Waals surface area contributed by atoms with E-state index in [1.807, 2.05) is 6.92 Å². The van der Waals surface area contributed by atoms with Crippen molar-refractivity contribution < 1.29 is 19.1 Å². The third kappa shape index (κ3) is 7.51. The summed E-state index contributed by atoms with van der Waals surface area (Å²) in [6, 6.07) is -0.897. The summed E-state index contributed by atoms with van der Waals surface area (Å²) in [6.45, 7) is 2.29. The molecule has 0 aliphatic carbocycles. The second kappa shape index (κ2) is 8.74. The van der Waals surface area contributed by atoms with Crippen molar-refractivity contribution in [2.45, 2.75) is 32.2 Å². The van der Waals surface area contributed by atoms with Crippen LogP contribution in [-0.2, 0) is 14.3 Å². The van der Waals surface area contributed by atoms with E-state index in [4.69, 9.17) is 10.5 Å². The predicted molar refractivity (Wildman–Crippen MR) is 66.6 cm³/mol. The highest BCUT2D eigenvalue weighted by Crippen LogP contribution is 1.97. The van der Waals surface area contributed by atoms with Gasteiger partial charge in [0.25, 0.3) is 0 Å². The lowest BCUT2D eigenvalue weighted by atomic mass is 10.2. The molecule has 1 unspecified atom stereocenters. The van der Waals surface area contributed by atoms with Crippen molar-refractivity contribution in [3.05, 3.63) is 0 Å². The second-order valence-electron chi connectivity index (χ2n) is 3.38. The van der Waals surface area contributed by atoms with E-state index in [9.17, 15) is 9.59 Å². The van der Waals surface area contributed by atoms with Crippen molar-refractivity contribution in [3.8, 4) is 0 Å². The first-order valence-corrected chi connectivity index (χ1v) is 5.71. The smallest absolute Gasteiger partial charge is 0.407 e. The Kier molecular flexibility index (Phi) is 8.04. The molecule has 0 aliphatic heterocycles. The molecule has 0 aromatic heterocycles. The van der Waals surface area contributed by atoms with Gasteiger partial charge in [-0.1, -0.05) is 25.6 Å². The van der Waals surface area contributed by atoms with Crippen LogP contribution >= 0.6 is 12.2 Å². The number of alkyl carbamates (subject to hydrolysis) is 1. The van der Waals surface area contributed by atoms with Crippen LogP contribution in [-0.4, -0.2) is 36.8 Å². The van der Waals surface area contributed by atoms with Crippen molar-refractivity contribution in [1.82, 2.24) is 5.32 Å². The molecule has 0 saturated carbocycles. The van der Waals surface area contributed by atoms with Gasteiger partial charge < -0.3 is 20.5 Å². The molecule has 0 aromatic rings. The van der Waals surface area contributed by atoms with Crippen LogP contribution < -0.4 is 11.1 Å². The van der Waals surface area contributed by atoms with E-state index in [1.54, 1.807) is 0 Å². The maximum Gasteiger partial charge on any atom is 0.407 e. The molecule has 1 atom stereocenters. The fourth-order valence-corrected chi connectivity index (χ4v) is 1.20. The number of methoxy groups -OCH3 is 1. The SMILES string of the molecule is CCCCOC(=O)NC(CC(N)=S)C(=O)OC. The highest BCUT2D eigenvalue weighted by atomic mass is 32.1. The summed E-state index contributed by atoms with van der Waals surface area (Å²) in [6.07, 6.45) is 1.06. The monoisotopic (exact) mass is 262 g/mol. The number of thiocarbonyl (C=S) groups is 1. The number of hydrogen-bond acceptors (Lipinski definition) is 5. The van der Waals surface area contributed by atoms with Crippen molar-refractivity contribution in [3.63, 3.8) is 0 Å². The molecule has 0 aliphatic rings. The third-order valence-corrected chi connectivity index (χ3v) is 2.08. The fourth-order valence-electron chi connectivity index (χ4n) is 1.03. The van der Waals surface area contributed by atoms with Gasteiger partial charge >= 0.3 is 12.1 Å². The Morgan fingerprint density at radius 3 is 2.59 bits per heavy atom. The average molecular weight is 262 g/mol. The lowest BCUT2D eigenvalue weighted by molar-refractivity contribution is -0.142. The van der Waals surface area contributed by atoms with Crippen LogP contribution in [0.4, 0.5) is 4.79 Å². The van der Waals surface area contributed by atoms with E-state index in [2.05, 4.69) is 22.3 Å². The van der Waals surface area contributed by atoms with E-state index < -0.39 is 18.1 Å². The number of hydrogen-bond donors (Lipinski definition) is 2. The number of esters is 1. The summed E-state index contributed by atoms with van der Waals surface area (Å²) in [5, 5.41) is 2.35. The van der Waals surface area contributed by atoms with Crippen LogP contribution in [0.5, 0.6) is 0 Å². The number of amides is 1. The van der Waals surface area contributed by atoms with Crippen LogP contribution in [0.1, 0.15) is 26.2 Å². The van der Waals surface area contributed by atoms with E-state index >= 15 is 0 Å². The molecule has 98 valence electrons. The molecule has 1 amide bonds. The molecule has 0 fully saturated rings. The van der Waals surface area contributed by atoms with E-state index in [1.165, 1.54) is 7.11 Å². The van der Waals surface area contributed by atoms with Gasteiger partial charge in [-0.05, 0) is 6.42 Å². The lowest BCUT2D eigenvalue weighted by Gasteiger charge is -2.15. The molecular weight excluding hydrogens is 244 g/mol. The topological polar surface area (TPSA) is 90.6 Å². The number of nitrogens with two attached hydrogens (primary N) is 1. The van der Waals surface area contributed by atoms with Gasteiger partial charge in [-0.15, -0.1) is 0 Å². The Bertz CT molecular complexity index is 283. The van der Waals surface area contributed by atoms with E-state index in [0.29, 0.717) is 6.61 Å². The minimum absolute atomic E-state index is 0.0465. The number of rotatable bonds is 7. The maximum atomic E-state index is 11.3. The van der Waals surface area contributed by atoms with Gasteiger partial charge in [0, 0.05) is 6.42 Å². The Labute approximate surface area is 106 Å². The third-order valence-electron chi connectivity index (χ3n) is 1.91. The Morgan fingerprint density at radius 1 is 1.47 bits per heavy atom. The molecule has 0 spiro atoms.